The van der Waals surface area contributed by atoms with E-state index in [-0.39, 0.29) is 17.9 Å². The number of benzene rings is 1. The van der Waals surface area contributed by atoms with E-state index in [1.807, 2.05) is 0 Å². The van der Waals surface area contributed by atoms with Crippen LogP contribution in [0.25, 0.3) is 0 Å². The van der Waals surface area contributed by atoms with Gasteiger partial charge in [-0.1, -0.05) is 24.3 Å². The van der Waals surface area contributed by atoms with Crippen molar-refractivity contribution in [3.8, 4) is 0 Å². The summed E-state index contributed by atoms with van der Waals surface area (Å²) in [4.78, 5) is 21.0. The van der Waals surface area contributed by atoms with Gasteiger partial charge in [0.25, 0.3) is 0 Å². The first-order valence-corrected chi connectivity index (χ1v) is 5.47. The second-order valence-electron chi connectivity index (χ2n) is 4.00. The SMILES string of the molecule is Cc1cc([N+](=O)[O-])nn1Cc1ccccc1C(=O)[O-]. The van der Waals surface area contributed by atoms with Gasteiger partial charge in [0.05, 0.1) is 29.4 Å². The van der Waals surface area contributed by atoms with E-state index < -0.39 is 10.9 Å². The lowest BCUT2D eigenvalue weighted by atomic mass is 10.1. The van der Waals surface area contributed by atoms with Gasteiger partial charge in [0.1, 0.15) is 0 Å². The summed E-state index contributed by atoms with van der Waals surface area (Å²) in [5, 5.41) is 25.4. The summed E-state index contributed by atoms with van der Waals surface area (Å²) in [5.41, 5.74) is 1.13. The molecule has 7 nitrogen and oxygen atoms in total. The number of carboxylic acid groups (broad SMARTS) is 1. The highest BCUT2D eigenvalue weighted by molar-refractivity contribution is 5.87. The number of nitrogens with zero attached hydrogens (tertiary/aromatic N) is 3. The van der Waals surface area contributed by atoms with Crippen molar-refractivity contribution in [1.82, 2.24) is 9.78 Å². The standard InChI is InChI=1S/C12H11N3O4/c1-8-6-11(15(18)19)13-14(8)7-9-4-2-3-5-10(9)12(16)17/h2-6H,7H2,1H3,(H,16,17)/p-1. The molecule has 0 saturated heterocycles. The maximum Gasteiger partial charge on any atom is 0.390 e. The summed E-state index contributed by atoms with van der Waals surface area (Å²) in [6.07, 6.45) is 0. The minimum absolute atomic E-state index is 0.0556. The molecule has 0 bridgehead atoms. The number of carboxylic acids is 1. The average molecular weight is 260 g/mol. The van der Waals surface area contributed by atoms with Crippen molar-refractivity contribution in [2.45, 2.75) is 13.5 Å². The Kier molecular flexibility index (Phi) is 3.28. The van der Waals surface area contributed by atoms with Crippen LogP contribution in [0.3, 0.4) is 0 Å². The van der Waals surface area contributed by atoms with Crippen molar-refractivity contribution in [2.24, 2.45) is 0 Å². The van der Waals surface area contributed by atoms with E-state index >= 15 is 0 Å². The molecule has 0 N–H and O–H groups in total. The second kappa shape index (κ2) is 4.89. The van der Waals surface area contributed by atoms with Crippen LogP contribution >= 0.6 is 0 Å². The van der Waals surface area contributed by atoms with Crippen LogP contribution < -0.4 is 5.11 Å². The maximum absolute atomic E-state index is 11.0. The van der Waals surface area contributed by atoms with Crippen LogP contribution in [0.4, 0.5) is 5.82 Å². The lowest BCUT2D eigenvalue weighted by molar-refractivity contribution is -0.389. The Bertz CT molecular complexity index is 648. The number of rotatable bonds is 4. The molecular formula is C12H10N3O4-. The largest absolute Gasteiger partial charge is 0.545 e. The molecule has 1 aromatic heterocycles. The Labute approximate surface area is 108 Å². The second-order valence-corrected chi connectivity index (χ2v) is 4.00. The quantitative estimate of drug-likeness (QED) is 0.588. The van der Waals surface area contributed by atoms with E-state index in [4.69, 9.17) is 0 Å². The highest BCUT2D eigenvalue weighted by Gasteiger charge is 2.16. The zero-order valence-electron chi connectivity index (χ0n) is 10.1. The molecule has 7 heteroatoms. The molecule has 0 radical (unpaired) electrons. The van der Waals surface area contributed by atoms with E-state index in [0.717, 1.165) is 0 Å². The molecule has 98 valence electrons. The van der Waals surface area contributed by atoms with Crippen LogP contribution in [0.1, 0.15) is 21.6 Å². The predicted octanol–water partition coefficient (Wildman–Crippen LogP) is 0.512. The molecular weight excluding hydrogens is 250 g/mol. The first kappa shape index (κ1) is 12.7. The zero-order chi connectivity index (χ0) is 14.0. The molecule has 2 aromatic rings. The Balaban J connectivity index is 2.36. The molecule has 0 atom stereocenters. The highest BCUT2D eigenvalue weighted by atomic mass is 16.6. The average Bonchev–Trinajstić information content (AvgIpc) is 2.72. The van der Waals surface area contributed by atoms with Gasteiger partial charge in [0.2, 0.25) is 0 Å². The Hall–Kier alpha value is -2.70. The smallest absolute Gasteiger partial charge is 0.390 e. The molecule has 0 aliphatic carbocycles. The number of aryl methyl sites for hydroxylation is 1. The van der Waals surface area contributed by atoms with E-state index in [0.29, 0.717) is 11.3 Å². The van der Waals surface area contributed by atoms with Gasteiger partial charge in [-0.15, -0.1) is 0 Å². The molecule has 0 fully saturated rings. The van der Waals surface area contributed by atoms with Gasteiger partial charge in [0.15, 0.2) is 0 Å². The van der Waals surface area contributed by atoms with E-state index in [9.17, 15) is 20.0 Å². The minimum atomic E-state index is -1.28. The third-order valence-electron chi connectivity index (χ3n) is 2.71. The van der Waals surface area contributed by atoms with Gasteiger partial charge in [-0.25, -0.2) is 0 Å². The van der Waals surface area contributed by atoms with Gasteiger partial charge >= 0.3 is 5.82 Å². The summed E-state index contributed by atoms with van der Waals surface area (Å²) >= 11 is 0. The first-order valence-electron chi connectivity index (χ1n) is 5.47. The molecule has 1 heterocycles. The molecule has 19 heavy (non-hydrogen) atoms. The normalized spacial score (nSPS) is 10.4. The maximum atomic E-state index is 11.0. The Morgan fingerprint density at radius 1 is 1.42 bits per heavy atom. The fraction of sp³-hybridized carbons (Fsp3) is 0.167. The first-order chi connectivity index (χ1) is 8.99. The molecule has 2 rings (SSSR count). The highest BCUT2D eigenvalue weighted by Crippen LogP contribution is 2.15. The molecule has 0 spiro atoms. The summed E-state index contributed by atoms with van der Waals surface area (Å²) in [6.45, 7) is 1.81. The molecule has 0 amide bonds. The van der Waals surface area contributed by atoms with Crippen molar-refractivity contribution in [3.05, 3.63) is 57.3 Å². The Morgan fingerprint density at radius 2 is 2.11 bits per heavy atom. The third-order valence-corrected chi connectivity index (χ3v) is 2.71. The molecule has 0 aliphatic rings. The predicted molar refractivity (Wildman–Crippen MR) is 63.5 cm³/mol. The zero-order valence-corrected chi connectivity index (χ0v) is 10.1. The van der Waals surface area contributed by atoms with Crippen LogP contribution in [0.5, 0.6) is 0 Å². The summed E-state index contributed by atoms with van der Waals surface area (Å²) < 4.78 is 1.39. The number of hydrogen-bond acceptors (Lipinski definition) is 5. The van der Waals surface area contributed by atoms with Crippen molar-refractivity contribution in [1.29, 1.82) is 0 Å². The number of aromatic nitrogens is 2. The number of carbonyl (C=O) groups is 1. The fourth-order valence-electron chi connectivity index (χ4n) is 1.76. The summed E-state index contributed by atoms with van der Waals surface area (Å²) in [7, 11) is 0. The van der Waals surface area contributed by atoms with E-state index in [2.05, 4.69) is 5.10 Å². The molecule has 0 saturated carbocycles. The monoisotopic (exact) mass is 260 g/mol. The Morgan fingerprint density at radius 3 is 2.68 bits per heavy atom. The van der Waals surface area contributed by atoms with Crippen molar-refractivity contribution < 1.29 is 14.8 Å². The topological polar surface area (TPSA) is 101 Å². The molecule has 0 aliphatic heterocycles. The molecule has 0 unspecified atom stereocenters. The van der Waals surface area contributed by atoms with E-state index in [1.165, 1.54) is 16.8 Å². The van der Waals surface area contributed by atoms with E-state index in [1.54, 1.807) is 25.1 Å². The van der Waals surface area contributed by atoms with Gasteiger partial charge < -0.3 is 20.0 Å². The summed E-state index contributed by atoms with van der Waals surface area (Å²) in [6, 6.07) is 7.67. The van der Waals surface area contributed by atoms with Crippen LogP contribution in [0, 0.1) is 17.0 Å². The number of hydrogen-bond donors (Lipinski definition) is 0. The lowest BCUT2D eigenvalue weighted by Crippen LogP contribution is -2.24. The van der Waals surface area contributed by atoms with Crippen LogP contribution in [0.15, 0.2) is 30.3 Å². The lowest BCUT2D eigenvalue weighted by Gasteiger charge is -2.09. The van der Waals surface area contributed by atoms with Gasteiger partial charge in [-0.2, -0.15) is 4.68 Å². The van der Waals surface area contributed by atoms with Crippen molar-refractivity contribution >= 4 is 11.8 Å². The number of carbonyl (C=O) groups excluding carboxylic acids is 1. The van der Waals surface area contributed by atoms with Crippen LogP contribution in [-0.2, 0) is 6.54 Å². The van der Waals surface area contributed by atoms with Gasteiger partial charge in [0, 0.05) is 5.56 Å². The third kappa shape index (κ3) is 2.59. The summed E-state index contributed by atoms with van der Waals surface area (Å²) in [5.74, 6) is -1.54. The molecule has 1 aromatic carbocycles. The minimum Gasteiger partial charge on any atom is -0.545 e. The number of aromatic carboxylic acids is 1. The van der Waals surface area contributed by atoms with Crippen LogP contribution in [-0.4, -0.2) is 20.7 Å². The van der Waals surface area contributed by atoms with Gasteiger partial charge in [-0.3, -0.25) is 0 Å². The fourth-order valence-corrected chi connectivity index (χ4v) is 1.76. The van der Waals surface area contributed by atoms with Gasteiger partial charge in [-0.05, 0) is 17.4 Å². The van der Waals surface area contributed by atoms with Crippen molar-refractivity contribution in [2.75, 3.05) is 0 Å². The van der Waals surface area contributed by atoms with Crippen molar-refractivity contribution in [3.63, 3.8) is 0 Å². The van der Waals surface area contributed by atoms with Crippen LogP contribution in [0.2, 0.25) is 0 Å². The number of nitro groups is 1.